The van der Waals surface area contributed by atoms with Crippen molar-refractivity contribution in [2.75, 3.05) is 20.6 Å². The number of aromatic hydroxyl groups is 1. The lowest BCUT2D eigenvalue weighted by atomic mass is 9.68. The van der Waals surface area contributed by atoms with Crippen molar-refractivity contribution in [2.45, 2.75) is 51.2 Å². The van der Waals surface area contributed by atoms with Crippen molar-refractivity contribution in [3.8, 4) is 5.75 Å². The predicted molar refractivity (Wildman–Crippen MR) is 131 cm³/mol. The van der Waals surface area contributed by atoms with Crippen LogP contribution in [0, 0.1) is 18.2 Å². The van der Waals surface area contributed by atoms with Gasteiger partial charge < -0.3 is 26.4 Å². The fourth-order valence-corrected chi connectivity index (χ4v) is 5.15. The van der Waals surface area contributed by atoms with E-state index < -0.39 is 45.7 Å². The summed E-state index contributed by atoms with van der Waals surface area (Å²) in [5.74, 6) is -3.54. The zero-order valence-electron chi connectivity index (χ0n) is 21.1. The molecule has 2 aromatic rings. The highest BCUT2D eigenvalue weighted by Gasteiger charge is 2.51. The van der Waals surface area contributed by atoms with Crippen molar-refractivity contribution in [3.63, 3.8) is 0 Å². The van der Waals surface area contributed by atoms with Crippen molar-refractivity contribution in [1.29, 1.82) is 0 Å². The number of carbonyl (C=O) groups is 3. The quantitative estimate of drug-likeness (QED) is 0.416. The molecule has 1 aromatic carbocycles. The third-order valence-corrected chi connectivity index (χ3v) is 7.51. The Morgan fingerprint density at radius 3 is 2.49 bits per heavy atom. The maximum absolute atomic E-state index is 13.6. The molecule has 0 radical (unpaired) electrons. The number of aromatic nitrogens is 2. The van der Waals surface area contributed by atoms with Crippen LogP contribution in [0.3, 0.4) is 0 Å². The van der Waals surface area contributed by atoms with E-state index in [4.69, 9.17) is 5.73 Å². The molecule has 2 bridgehead atoms. The molecule has 37 heavy (non-hydrogen) atoms. The molecule has 3 amide bonds. The SMILES string of the molecule is Cc1cc(CNC(=O)c2nc3n(c(=O)c2O)CC2(CN)CCC3(NC(=O)C(=O)N(C)C)CC2)ccc1F. The number of nitrogens with one attached hydrogen (secondary N) is 2. The Morgan fingerprint density at radius 2 is 1.89 bits per heavy atom. The molecule has 0 saturated heterocycles. The van der Waals surface area contributed by atoms with Crippen molar-refractivity contribution < 1.29 is 23.9 Å². The molecule has 198 valence electrons. The minimum absolute atomic E-state index is 0.00892. The van der Waals surface area contributed by atoms with E-state index in [-0.39, 0.29) is 31.3 Å². The lowest BCUT2D eigenvalue weighted by Gasteiger charge is -2.41. The lowest BCUT2D eigenvalue weighted by molar-refractivity contribution is -0.145. The van der Waals surface area contributed by atoms with Gasteiger partial charge in [-0.1, -0.05) is 12.1 Å². The number of hydrogen-bond acceptors (Lipinski definition) is 7. The Kier molecular flexibility index (Phi) is 6.80. The van der Waals surface area contributed by atoms with Gasteiger partial charge in [0.25, 0.3) is 11.5 Å². The summed E-state index contributed by atoms with van der Waals surface area (Å²) in [7, 11) is 2.90. The summed E-state index contributed by atoms with van der Waals surface area (Å²) in [4.78, 5) is 57.0. The van der Waals surface area contributed by atoms with Gasteiger partial charge in [-0.05, 0) is 56.3 Å². The maximum atomic E-state index is 13.6. The van der Waals surface area contributed by atoms with Crippen LogP contribution in [0.1, 0.15) is 53.1 Å². The molecule has 1 aromatic heterocycles. The first-order valence-corrected chi connectivity index (χ1v) is 12.0. The van der Waals surface area contributed by atoms with Gasteiger partial charge in [0, 0.05) is 32.6 Å². The number of aryl methyl sites for hydroxylation is 1. The van der Waals surface area contributed by atoms with Gasteiger partial charge >= 0.3 is 11.8 Å². The van der Waals surface area contributed by atoms with E-state index in [0.29, 0.717) is 36.8 Å². The van der Waals surface area contributed by atoms with E-state index in [1.165, 1.54) is 30.8 Å². The number of rotatable bonds is 5. The topological polar surface area (TPSA) is 160 Å². The molecule has 0 unspecified atom stereocenters. The predicted octanol–water partition coefficient (Wildman–Crippen LogP) is 0.259. The number of nitrogens with zero attached hydrogens (tertiary/aromatic N) is 3. The molecule has 3 aliphatic rings. The Hall–Kier alpha value is -3.80. The Labute approximate surface area is 212 Å². The van der Waals surface area contributed by atoms with Gasteiger partial charge in [-0.2, -0.15) is 0 Å². The fourth-order valence-electron chi connectivity index (χ4n) is 5.15. The molecule has 0 spiro atoms. The first kappa shape index (κ1) is 26.3. The molecule has 2 aliphatic heterocycles. The smallest absolute Gasteiger partial charge is 0.311 e. The number of benzene rings is 1. The number of hydrogen-bond donors (Lipinski definition) is 4. The Morgan fingerprint density at radius 1 is 1.22 bits per heavy atom. The second-order valence-electron chi connectivity index (χ2n) is 10.2. The number of carbonyl (C=O) groups excluding carboxylic acids is 3. The number of fused-ring (bicyclic) bond motifs is 2. The van der Waals surface area contributed by atoms with E-state index in [9.17, 15) is 28.7 Å². The molecule has 3 heterocycles. The third kappa shape index (κ3) is 4.68. The first-order valence-electron chi connectivity index (χ1n) is 12.0. The minimum atomic E-state index is -1.20. The number of amides is 3. The molecule has 1 aliphatic carbocycles. The van der Waals surface area contributed by atoms with E-state index >= 15 is 0 Å². The van der Waals surface area contributed by atoms with Crippen LogP contribution in [-0.4, -0.2) is 57.9 Å². The maximum Gasteiger partial charge on any atom is 0.311 e. The van der Waals surface area contributed by atoms with Gasteiger partial charge in [-0.15, -0.1) is 0 Å². The van der Waals surface area contributed by atoms with Gasteiger partial charge in [-0.25, -0.2) is 9.37 Å². The summed E-state index contributed by atoms with van der Waals surface area (Å²) in [6, 6.07) is 4.37. The summed E-state index contributed by atoms with van der Waals surface area (Å²) in [6.07, 6.45) is 1.80. The highest BCUT2D eigenvalue weighted by Crippen LogP contribution is 2.49. The largest absolute Gasteiger partial charge is 0.501 e. The number of nitrogens with two attached hydrogens (primary N) is 1. The molecule has 12 heteroatoms. The minimum Gasteiger partial charge on any atom is -0.501 e. The van der Waals surface area contributed by atoms with Gasteiger partial charge in [-0.3, -0.25) is 23.7 Å². The molecule has 0 atom stereocenters. The molecule has 5 N–H and O–H groups in total. The van der Waals surface area contributed by atoms with Gasteiger partial charge in [0.15, 0.2) is 5.69 Å². The summed E-state index contributed by atoms with van der Waals surface area (Å²) < 4.78 is 14.8. The molecule has 1 saturated carbocycles. The van der Waals surface area contributed by atoms with Crippen molar-refractivity contribution in [1.82, 2.24) is 25.1 Å². The first-order chi connectivity index (χ1) is 17.4. The molecule has 11 nitrogen and oxygen atoms in total. The summed E-state index contributed by atoms with van der Waals surface area (Å²) in [5.41, 5.74) is 4.14. The zero-order chi connectivity index (χ0) is 27.1. The molecule has 1 fully saturated rings. The highest BCUT2D eigenvalue weighted by molar-refractivity contribution is 6.35. The molecular weight excluding hydrogens is 483 g/mol. The summed E-state index contributed by atoms with van der Waals surface area (Å²) in [6.45, 7) is 2.04. The summed E-state index contributed by atoms with van der Waals surface area (Å²) in [5, 5.41) is 16.1. The van der Waals surface area contributed by atoms with Crippen molar-refractivity contribution >= 4 is 17.7 Å². The average Bonchev–Trinajstić information content (AvgIpc) is 3.09. The zero-order valence-corrected chi connectivity index (χ0v) is 21.1. The van der Waals surface area contributed by atoms with E-state index in [0.717, 1.165) is 4.90 Å². The lowest BCUT2D eigenvalue weighted by Crippen LogP contribution is -2.54. The van der Waals surface area contributed by atoms with Crippen LogP contribution in [0.25, 0.3) is 0 Å². The van der Waals surface area contributed by atoms with E-state index in [1.54, 1.807) is 13.0 Å². The van der Waals surface area contributed by atoms with Gasteiger partial charge in [0.1, 0.15) is 11.6 Å². The third-order valence-electron chi connectivity index (χ3n) is 7.51. The number of likely N-dealkylation sites (N-methyl/N-ethyl adjacent to an activating group) is 1. The second-order valence-corrected chi connectivity index (χ2v) is 10.2. The van der Waals surface area contributed by atoms with Crippen LogP contribution in [0.2, 0.25) is 0 Å². The van der Waals surface area contributed by atoms with Crippen LogP contribution in [-0.2, 0) is 28.2 Å². The molecule has 5 rings (SSSR count). The fraction of sp³-hybridized carbons (Fsp3) is 0.480. The van der Waals surface area contributed by atoms with E-state index in [1.807, 2.05) is 0 Å². The molecular formula is C25H31FN6O5. The Bertz CT molecular complexity index is 1330. The van der Waals surface area contributed by atoms with Crippen LogP contribution >= 0.6 is 0 Å². The van der Waals surface area contributed by atoms with E-state index in [2.05, 4.69) is 15.6 Å². The van der Waals surface area contributed by atoms with Crippen LogP contribution in [0.15, 0.2) is 23.0 Å². The highest BCUT2D eigenvalue weighted by atomic mass is 19.1. The van der Waals surface area contributed by atoms with Crippen LogP contribution in [0.5, 0.6) is 5.75 Å². The monoisotopic (exact) mass is 514 g/mol. The Balaban J connectivity index is 1.74. The van der Waals surface area contributed by atoms with Gasteiger partial charge in [0.2, 0.25) is 5.75 Å². The summed E-state index contributed by atoms with van der Waals surface area (Å²) >= 11 is 0. The second kappa shape index (κ2) is 9.58. The van der Waals surface area contributed by atoms with Crippen molar-refractivity contribution in [3.05, 3.63) is 57.0 Å². The van der Waals surface area contributed by atoms with Gasteiger partial charge in [0.05, 0.1) is 5.54 Å². The number of halogens is 1. The van der Waals surface area contributed by atoms with Crippen molar-refractivity contribution in [2.24, 2.45) is 11.1 Å². The van der Waals surface area contributed by atoms with Crippen LogP contribution in [0.4, 0.5) is 4.39 Å². The van der Waals surface area contributed by atoms with Crippen LogP contribution < -0.4 is 21.9 Å². The average molecular weight is 515 g/mol. The standard InChI is InChI=1S/C25H31FN6O5/c1-14-10-15(4-5-16(14)26)11-28-19(34)17-18(33)21(36)32-13-24(12-27)6-8-25(9-7-24,23(32)29-17)30-20(35)22(37)31(2)3/h4-5,10,33H,6-9,11-13,27H2,1-3H3,(H,28,34)(H,30,35). The normalized spacial score (nSPS) is 22.1.